The smallest absolute Gasteiger partial charge is 0.131 e. The van der Waals surface area contributed by atoms with E-state index in [1.807, 2.05) is 37.3 Å². The maximum atomic E-state index is 14.0. The fourth-order valence-corrected chi connectivity index (χ4v) is 2.30. The lowest BCUT2D eigenvalue weighted by atomic mass is 9.95. The summed E-state index contributed by atoms with van der Waals surface area (Å²) in [5.74, 6) is 4.31. The molecule has 0 radical (unpaired) electrons. The fraction of sp³-hybridized carbons (Fsp3) is 0.250. The minimum atomic E-state index is -0.654. The second-order valence-corrected chi connectivity index (χ2v) is 4.60. The summed E-state index contributed by atoms with van der Waals surface area (Å²) >= 11 is 0. The third kappa shape index (κ3) is 3.64. The van der Waals surface area contributed by atoms with Gasteiger partial charge in [0.15, 0.2) is 0 Å². The second kappa shape index (κ2) is 7.26. The van der Waals surface area contributed by atoms with E-state index in [4.69, 9.17) is 10.6 Å². The monoisotopic (exact) mass is 292 g/mol. The topological polar surface area (TPSA) is 47.3 Å². The predicted octanol–water partition coefficient (Wildman–Crippen LogP) is 3.25. The van der Waals surface area contributed by atoms with E-state index in [-0.39, 0.29) is 5.56 Å². The van der Waals surface area contributed by atoms with Crippen molar-refractivity contribution >= 4 is 0 Å². The van der Waals surface area contributed by atoms with Crippen molar-refractivity contribution < 1.29 is 13.5 Å². The van der Waals surface area contributed by atoms with Gasteiger partial charge in [-0.1, -0.05) is 36.4 Å². The largest absolute Gasteiger partial charge is 0.372 e. The minimum Gasteiger partial charge on any atom is -0.372 e. The van der Waals surface area contributed by atoms with Gasteiger partial charge in [-0.05, 0) is 18.6 Å². The van der Waals surface area contributed by atoms with Crippen molar-refractivity contribution in [2.45, 2.75) is 19.1 Å². The number of rotatable bonds is 6. The number of ether oxygens (including phenoxy) is 1. The molecule has 2 atom stereocenters. The molecule has 0 amide bonds. The van der Waals surface area contributed by atoms with Crippen LogP contribution in [0.25, 0.3) is 0 Å². The van der Waals surface area contributed by atoms with E-state index in [0.29, 0.717) is 6.61 Å². The van der Waals surface area contributed by atoms with E-state index in [0.717, 1.165) is 11.6 Å². The van der Waals surface area contributed by atoms with Gasteiger partial charge in [0.25, 0.3) is 0 Å². The summed E-state index contributed by atoms with van der Waals surface area (Å²) in [7, 11) is 0. The van der Waals surface area contributed by atoms with Gasteiger partial charge in [-0.15, -0.1) is 0 Å². The van der Waals surface area contributed by atoms with Gasteiger partial charge in [-0.25, -0.2) is 14.2 Å². The van der Waals surface area contributed by atoms with E-state index in [1.54, 1.807) is 0 Å². The molecule has 2 aromatic carbocycles. The highest BCUT2D eigenvalue weighted by atomic mass is 19.1. The van der Waals surface area contributed by atoms with E-state index < -0.39 is 23.8 Å². The number of hydrogen-bond acceptors (Lipinski definition) is 3. The average Bonchev–Trinajstić information content (AvgIpc) is 2.50. The summed E-state index contributed by atoms with van der Waals surface area (Å²) < 4.78 is 32.8. The van der Waals surface area contributed by atoms with Crippen molar-refractivity contribution in [2.24, 2.45) is 5.84 Å². The van der Waals surface area contributed by atoms with E-state index in [2.05, 4.69) is 5.43 Å². The molecule has 0 aliphatic carbocycles. The number of nitrogens with one attached hydrogen (secondary N) is 1. The Morgan fingerprint density at radius 3 is 2.43 bits per heavy atom. The van der Waals surface area contributed by atoms with Gasteiger partial charge in [0, 0.05) is 18.2 Å². The highest BCUT2D eigenvalue weighted by molar-refractivity contribution is 5.28. The molecular formula is C16H18F2N2O. The molecule has 2 aromatic rings. The molecule has 5 heteroatoms. The molecule has 2 unspecified atom stereocenters. The van der Waals surface area contributed by atoms with Crippen LogP contribution in [0.2, 0.25) is 0 Å². The maximum Gasteiger partial charge on any atom is 0.131 e. The zero-order chi connectivity index (χ0) is 15.2. The summed E-state index contributed by atoms with van der Waals surface area (Å²) in [6, 6.07) is 12.2. The van der Waals surface area contributed by atoms with Crippen molar-refractivity contribution in [3.63, 3.8) is 0 Å². The van der Waals surface area contributed by atoms with Crippen LogP contribution >= 0.6 is 0 Å². The number of hydrogen-bond donors (Lipinski definition) is 2. The zero-order valence-corrected chi connectivity index (χ0v) is 11.7. The predicted molar refractivity (Wildman–Crippen MR) is 77.2 cm³/mol. The van der Waals surface area contributed by atoms with Crippen LogP contribution in [0, 0.1) is 11.6 Å². The summed E-state index contributed by atoms with van der Waals surface area (Å²) in [6.07, 6.45) is -0.471. The van der Waals surface area contributed by atoms with Crippen LogP contribution < -0.4 is 11.3 Å². The SMILES string of the molecule is CCOC(c1ccccc1)C(NN)c1ccc(F)cc1F. The quantitative estimate of drug-likeness (QED) is 0.634. The molecule has 0 fully saturated rings. The molecule has 3 N–H and O–H groups in total. The van der Waals surface area contributed by atoms with Crippen molar-refractivity contribution in [3.05, 3.63) is 71.3 Å². The van der Waals surface area contributed by atoms with Crippen LogP contribution in [0.5, 0.6) is 0 Å². The molecule has 2 rings (SSSR count). The summed E-state index contributed by atoms with van der Waals surface area (Å²) in [4.78, 5) is 0. The van der Waals surface area contributed by atoms with Crippen LogP contribution in [-0.2, 0) is 4.74 Å². The lowest BCUT2D eigenvalue weighted by Gasteiger charge is -2.27. The molecule has 0 bridgehead atoms. The summed E-state index contributed by atoms with van der Waals surface area (Å²) in [5.41, 5.74) is 3.71. The van der Waals surface area contributed by atoms with Gasteiger partial charge in [-0.2, -0.15) is 0 Å². The molecule has 21 heavy (non-hydrogen) atoms. The van der Waals surface area contributed by atoms with E-state index in [9.17, 15) is 8.78 Å². The van der Waals surface area contributed by atoms with Crippen LogP contribution in [0.15, 0.2) is 48.5 Å². The van der Waals surface area contributed by atoms with Gasteiger partial charge in [0.05, 0.1) is 6.04 Å². The molecule has 0 saturated carbocycles. The molecule has 0 aliphatic heterocycles. The standard InChI is InChI=1S/C16H18F2N2O/c1-2-21-16(11-6-4-3-5-7-11)15(20-19)13-9-8-12(17)10-14(13)18/h3-10,15-16,20H,2,19H2,1H3. The Labute approximate surface area is 122 Å². The van der Waals surface area contributed by atoms with Crippen LogP contribution in [-0.4, -0.2) is 6.61 Å². The number of nitrogens with two attached hydrogens (primary N) is 1. The molecule has 112 valence electrons. The molecular weight excluding hydrogens is 274 g/mol. The lowest BCUT2D eigenvalue weighted by Crippen LogP contribution is -2.34. The first kappa shape index (κ1) is 15.6. The highest BCUT2D eigenvalue weighted by Crippen LogP contribution is 2.33. The van der Waals surface area contributed by atoms with Gasteiger partial charge >= 0.3 is 0 Å². The average molecular weight is 292 g/mol. The number of benzene rings is 2. The number of hydrazine groups is 1. The van der Waals surface area contributed by atoms with E-state index >= 15 is 0 Å². The maximum absolute atomic E-state index is 14.0. The Bertz CT molecular complexity index is 578. The Hall–Kier alpha value is -1.82. The van der Waals surface area contributed by atoms with E-state index in [1.165, 1.54) is 12.1 Å². The zero-order valence-electron chi connectivity index (χ0n) is 11.7. The second-order valence-electron chi connectivity index (χ2n) is 4.60. The molecule has 3 nitrogen and oxygen atoms in total. The van der Waals surface area contributed by atoms with Crippen LogP contribution in [0.1, 0.15) is 30.2 Å². The minimum absolute atomic E-state index is 0.265. The highest BCUT2D eigenvalue weighted by Gasteiger charge is 2.26. The summed E-state index contributed by atoms with van der Waals surface area (Å²) in [5, 5.41) is 0. The first-order chi connectivity index (χ1) is 10.2. The molecule has 0 aliphatic rings. The van der Waals surface area contributed by atoms with Crippen molar-refractivity contribution in [1.82, 2.24) is 5.43 Å². The Kier molecular flexibility index (Phi) is 5.38. The normalized spacial score (nSPS) is 13.9. The van der Waals surface area contributed by atoms with Gasteiger partial charge in [-0.3, -0.25) is 5.84 Å². The Morgan fingerprint density at radius 1 is 1.14 bits per heavy atom. The van der Waals surface area contributed by atoms with Crippen molar-refractivity contribution in [3.8, 4) is 0 Å². The molecule has 0 saturated heterocycles. The summed E-state index contributed by atoms with van der Waals surface area (Å²) in [6.45, 7) is 2.30. The van der Waals surface area contributed by atoms with Crippen LogP contribution in [0.3, 0.4) is 0 Å². The Morgan fingerprint density at radius 2 is 1.86 bits per heavy atom. The Balaban J connectivity index is 2.40. The van der Waals surface area contributed by atoms with Gasteiger partial charge in [0.2, 0.25) is 0 Å². The number of halogens is 2. The van der Waals surface area contributed by atoms with Crippen molar-refractivity contribution in [1.29, 1.82) is 0 Å². The first-order valence-corrected chi connectivity index (χ1v) is 6.75. The third-order valence-corrected chi connectivity index (χ3v) is 3.25. The third-order valence-electron chi connectivity index (χ3n) is 3.25. The van der Waals surface area contributed by atoms with Gasteiger partial charge in [0.1, 0.15) is 17.7 Å². The van der Waals surface area contributed by atoms with Crippen molar-refractivity contribution in [2.75, 3.05) is 6.61 Å². The lowest BCUT2D eigenvalue weighted by molar-refractivity contribution is 0.0317. The fourth-order valence-electron chi connectivity index (χ4n) is 2.30. The first-order valence-electron chi connectivity index (χ1n) is 6.75. The molecule has 0 heterocycles. The van der Waals surface area contributed by atoms with Gasteiger partial charge < -0.3 is 4.74 Å². The van der Waals surface area contributed by atoms with Crippen LogP contribution in [0.4, 0.5) is 8.78 Å². The molecule has 0 spiro atoms. The molecule has 0 aromatic heterocycles.